The molecule has 0 spiro atoms. The third kappa shape index (κ3) is 4.71. The van der Waals surface area contributed by atoms with E-state index in [1.54, 1.807) is 0 Å². The summed E-state index contributed by atoms with van der Waals surface area (Å²) in [5, 5.41) is 2.75. The van der Waals surface area contributed by atoms with Crippen molar-refractivity contribution in [1.29, 1.82) is 0 Å². The average molecular weight is 198 g/mol. The largest absolute Gasteiger partial charge is 0.323 e. The summed E-state index contributed by atoms with van der Waals surface area (Å²) >= 11 is 5.66. The van der Waals surface area contributed by atoms with E-state index in [4.69, 9.17) is 11.6 Å². The summed E-state index contributed by atoms with van der Waals surface area (Å²) in [6.07, 6.45) is 1.82. The van der Waals surface area contributed by atoms with Gasteiger partial charge in [0.15, 0.2) is 0 Å². The molecule has 1 rings (SSSR count). The molecule has 0 unspecified atom stereocenters. The molecule has 0 radical (unpaired) electrons. The van der Waals surface area contributed by atoms with Crippen LogP contribution in [0.3, 0.4) is 0 Å². The van der Waals surface area contributed by atoms with Crippen molar-refractivity contribution in [1.82, 2.24) is 5.32 Å². The highest BCUT2D eigenvalue weighted by atomic mass is 35.5. The molecule has 1 N–H and O–H groups in total. The molecule has 0 fully saturated rings. The van der Waals surface area contributed by atoms with E-state index in [-0.39, 0.29) is 0 Å². The Kier molecular flexibility index (Phi) is 7.36. The van der Waals surface area contributed by atoms with E-state index >= 15 is 0 Å². The second-order valence-electron chi connectivity index (χ2n) is 2.54. The maximum absolute atomic E-state index is 5.66. The van der Waals surface area contributed by atoms with Crippen LogP contribution in [-0.4, -0.2) is 14.1 Å². The fraction of sp³-hybridized carbons (Fsp3) is 0.273. The van der Waals surface area contributed by atoms with Crippen LogP contribution >= 0.6 is 11.6 Å². The summed E-state index contributed by atoms with van der Waals surface area (Å²) in [5.41, 5.74) is 2.26. The molecule has 0 bridgehead atoms. The molecule has 0 aliphatic carbocycles. The van der Waals surface area contributed by atoms with Gasteiger partial charge >= 0.3 is 0 Å². The Hall–Kier alpha value is -0.790. The molecule has 1 aromatic rings. The smallest absolute Gasteiger partial charge is 0.0479 e. The molecule has 1 nitrogen and oxygen atoms in total. The first-order chi connectivity index (χ1) is 6.29. The number of nitrogens with one attached hydrogen (secondary N) is 1. The van der Waals surface area contributed by atoms with Crippen molar-refractivity contribution >= 4 is 17.7 Å². The SMILES string of the molecule is C=Cc1ccccc1CCl.CNC. The number of rotatable bonds is 2. The van der Waals surface area contributed by atoms with E-state index in [9.17, 15) is 0 Å². The second kappa shape index (κ2) is 7.84. The van der Waals surface area contributed by atoms with Crippen molar-refractivity contribution in [2.24, 2.45) is 0 Å². The molecule has 0 saturated carbocycles. The molecule has 1 aromatic carbocycles. The van der Waals surface area contributed by atoms with Crippen LogP contribution in [-0.2, 0) is 5.88 Å². The molecule has 2 heteroatoms. The van der Waals surface area contributed by atoms with Crippen LogP contribution in [0, 0.1) is 0 Å². The van der Waals surface area contributed by atoms with Crippen molar-refractivity contribution in [3.63, 3.8) is 0 Å². The summed E-state index contributed by atoms with van der Waals surface area (Å²) in [4.78, 5) is 0. The minimum absolute atomic E-state index is 0.558. The molecule has 0 aliphatic rings. The maximum Gasteiger partial charge on any atom is 0.0479 e. The Balaban J connectivity index is 0.000000424. The predicted molar refractivity (Wildman–Crippen MR) is 61.1 cm³/mol. The van der Waals surface area contributed by atoms with Crippen molar-refractivity contribution in [3.05, 3.63) is 42.0 Å². The quantitative estimate of drug-likeness (QED) is 0.719. The van der Waals surface area contributed by atoms with Gasteiger partial charge in [0.25, 0.3) is 0 Å². The molecule has 0 atom stereocenters. The minimum Gasteiger partial charge on any atom is -0.323 e. The zero-order valence-electron chi connectivity index (χ0n) is 8.18. The van der Waals surface area contributed by atoms with Gasteiger partial charge in [0.05, 0.1) is 0 Å². The maximum atomic E-state index is 5.66. The van der Waals surface area contributed by atoms with Gasteiger partial charge in [-0.2, -0.15) is 0 Å². The van der Waals surface area contributed by atoms with Crippen molar-refractivity contribution in [2.45, 2.75) is 5.88 Å². The van der Waals surface area contributed by atoms with Gasteiger partial charge in [-0.1, -0.05) is 36.9 Å². The third-order valence-corrected chi connectivity index (χ3v) is 1.71. The zero-order chi connectivity index (χ0) is 10.1. The van der Waals surface area contributed by atoms with Gasteiger partial charge in [-0.3, -0.25) is 0 Å². The van der Waals surface area contributed by atoms with Gasteiger partial charge in [0.1, 0.15) is 0 Å². The van der Waals surface area contributed by atoms with Crippen LogP contribution in [0.5, 0.6) is 0 Å². The summed E-state index contributed by atoms with van der Waals surface area (Å²) in [5.74, 6) is 0.558. The van der Waals surface area contributed by atoms with Gasteiger partial charge in [-0.25, -0.2) is 0 Å². The number of halogens is 1. The Labute approximate surface area is 85.4 Å². The number of hydrogen-bond donors (Lipinski definition) is 1. The van der Waals surface area contributed by atoms with Gasteiger partial charge < -0.3 is 5.32 Å². The second-order valence-corrected chi connectivity index (χ2v) is 2.80. The first kappa shape index (κ1) is 12.2. The Morgan fingerprint density at radius 1 is 1.38 bits per heavy atom. The van der Waals surface area contributed by atoms with Gasteiger partial charge in [-0.15, -0.1) is 11.6 Å². The zero-order valence-corrected chi connectivity index (χ0v) is 8.93. The van der Waals surface area contributed by atoms with Crippen molar-refractivity contribution in [2.75, 3.05) is 14.1 Å². The topological polar surface area (TPSA) is 12.0 Å². The first-order valence-corrected chi connectivity index (χ1v) is 4.68. The van der Waals surface area contributed by atoms with E-state index in [0.29, 0.717) is 5.88 Å². The lowest BCUT2D eigenvalue weighted by Gasteiger charge is -1.98. The molecule has 72 valence electrons. The van der Waals surface area contributed by atoms with Crippen LogP contribution in [0.4, 0.5) is 0 Å². The summed E-state index contributed by atoms with van der Waals surface area (Å²) in [6.45, 7) is 3.68. The fourth-order valence-electron chi connectivity index (χ4n) is 0.855. The summed E-state index contributed by atoms with van der Waals surface area (Å²) in [7, 11) is 3.75. The molecule has 13 heavy (non-hydrogen) atoms. The molecular formula is C11H16ClN. The first-order valence-electron chi connectivity index (χ1n) is 4.15. The lowest BCUT2D eigenvalue weighted by atomic mass is 10.1. The Bertz CT molecular complexity index is 246. The lowest BCUT2D eigenvalue weighted by molar-refractivity contribution is 1.02. The third-order valence-electron chi connectivity index (χ3n) is 1.42. The Morgan fingerprint density at radius 2 is 1.92 bits per heavy atom. The molecule has 0 amide bonds. The highest BCUT2D eigenvalue weighted by Crippen LogP contribution is 2.11. The van der Waals surface area contributed by atoms with E-state index in [2.05, 4.69) is 11.9 Å². The summed E-state index contributed by atoms with van der Waals surface area (Å²) < 4.78 is 0. The number of hydrogen-bond acceptors (Lipinski definition) is 1. The van der Waals surface area contributed by atoms with Crippen LogP contribution in [0.2, 0.25) is 0 Å². The predicted octanol–water partition coefficient (Wildman–Crippen LogP) is 2.90. The monoisotopic (exact) mass is 197 g/mol. The standard InChI is InChI=1S/C9H9Cl.C2H7N/c1-2-8-5-3-4-6-9(8)7-10;1-3-2/h2-6H,1,7H2;3H,1-2H3. The van der Waals surface area contributed by atoms with E-state index < -0.39 is 0 Å². The number of benzene rings is 1. The normalized spacial score (nSPS) is 8.54. The van der Waals surface area contributed by atoms with Gasteiger partial charge in [-0.05, 0) is 25.2 Å². The lowest BCUT2D eigenvalue weighted by Crippen LogP contribution is -1.89. The number of alkyl halides is 1. The van der Waals surface area contributed by atoms with Crippen molar-refractivity contribution < 1.29 is 0 Å². The van der Waals surface area contributed by atoms with Crippen LogP contribution < -0.4 is 5.32 Å². The fourth-order valence-corrected chi connectivity index (χ4v) is 1.10. The molecule has 0 aliphatic heterocycles. The highest BCUT2D eigenvalue weighted by Gasteiger charge is 1.93. The van der Waals surface area contributed by atoms with E-state index in [1.165, 1.54) is 0 Å². The van der Waals surface area contributed by atoms with Gasteiger partial charge in [0.2, 0.25) is 0 Å². The molecule has 0 saturated heterocycles. The minimum atomic E-state index is 0.558. The van der Waals surface area contributed by atoms with E-state index in [1.807, 2.05) is 44.4 Å². The van der Waals surface area contributed by atoms with Gasteiger partial charge in [0, 0.05) is 5.88 Å². The average Bonchev–Trinajstić information content (AvgIpc) is 2.19. The van der Waals surface area contributed by atoms with Crippen LogP contribution in [0.1, 0.15) is 11.1 Å². The summed E-state index contributed by atoms with van der Waals surface area (Å²) in [6, 6.07) is 7.96. The molecular weight excluding hydrogens is 182 g/mol. The Morgan fingerprint density at radius 3 is 2.31 bits per heavy atom. The molecule has 0 aromatic heterocycles. The van der Waals surface area contributed by atoms with Crippen LogP contribution in [0.15, 0.2) is 30.8 Å². The highest BCUT2D eigenvalue weighted by molar-refractivity contribution is 6.17. The van der Waals surface area contributed by atoms with Crippen molar-refractivity contribution in [3.8, 4) is 0 Å². The van der Waals surface area contributed by atoms with Crippen LogP contribution in [0.25, 0.3) is 6.08 Å². The van der Waals surface area contributed by atoms with E-state index in [0.717, 1.165) is 11.1 Å². The molecule has 0 heterocycles.